The summed E-state index contributed by atoms with van der Waals surface area (Å²) < 4.78 is 11.4. The van der Waals surface area contributed by atoms with E-state index in [2.05, 4.69) is 6.07 Å². The number of aryl methyl sites for hydroxylation is 1. The van der Waals surface area contributed by atoms with E-state index in [-0.39, 0.29) is 0 Å². The van der Waals surface area contributed by atoms with Crippen molar-refractivity contribution in [2.45, 2.75) is 6.92 Å². The van der Waals surface area contributed by atoms with E-state index in [0.717, 1.165) is 16.8 Å². The predicted octanol–water partition coefficient (Wildman–Crippen LogP) is 2.59. The van der Waals surface area contributed by atoms with Gasteiger partial charge in [-0.3, -0.25) is 0 Å². The van der Waals surface area contributed by atoms with E-state index in [9.17, 15) is 0 Å². The maximum absolute atomic E-state index is 4.85. The normalized spacial score (nSPS) is 11.8. The van der Waals surface area contributed by atoms with Crippen LogP contribution in [0.1, 0.15) is 5.56 Å². The Balaban J connectivity index is 2.70. The predicted molar refractivity (Wildman–Crippen MR) is 44.2 cm³/mol. The van der Waals surface area contributed by atoms with E-state index >= 15 is 0 Å². The summed E-state index contributed by atoms with van der Waals surface area (Å²) in [6.07, 6.45) is 0. The van der Waals surface area contributed by atoms with Gasteiger partial charge in [0, 0.05) is 10.9 Å². The van der Waals surface area contributed by atoms with E-state index in [0.29, 0.717) is 0 Å². The molecule has 3 rings (SSSR count). The van der Waals surface area contributed by atoms with Gasteiger partial charge < -0.3 is 0 Å². The third-order valence-corrected chi connectivity index (χ3v) is 2.22. The maximum Gasteiger partial charge on any atom is 0.293 e. The van der Waals surface area contributed by atoms with Crippen LogP contribution in [-0.4, -0.2) is 4.57 Å². The van der Waals surface area contributed by atoms with Crippen LogP contribution in [0, 0.1) is 6.92 Å². The summed E-state index contributed by atoms with van der Waals surface area (Å²) in [5.74, 6) is 0. The molecule has 0 aliphatic carbocycles. The molecule has 0 aliphatic rings. The molecule has 0 fully saturated rings. The van der Waals surface area contributed by atoms with Crippen LogP contribution in [0.4, 0.5) is 0 Å². The zero-order chi connectivity index (χ0) is 8.13. The van der Waals surface area contributed by atoms with Crippen molar-refractivity contribution < 1.29 is 9.26 Å². The monoisotopic (exact) mass is 161 g/mol. The first-order valence-corrected chi connectivity index (χ1v) is 3.83. The van der Waals surface area contributed by atoms with E-state index in [1.807, 2.05) is 25.1 Å². The number of aromatic nitrogens is 1. The highest BCUT2D eigenvalue weighted by Crippen LogP contribution is 2.27. The molecule has 0 radical (unpaired) electrons. The number of benzene rings is 1. The minimum absolute atomic E-state index is 0.816. The topological polar surface area (TPSA) is 30.7 Å². The summed E-state index contributed by atoms with van der Waals surface area (Å²) in [4.78, 5) is 0. The van der Waals surface area contributed by atoms with Crippen LogP contribution >= 0.6 is 0 Å². The van der Waals surface area contributed by atoms with Gasteiger partial charge >= 0.3 is 0 Å². The molecular weight excluding hydrogens is 154 g/mol. The van der Waals surface area contributed by atoms with Crippen molar-refractivity contribution in [3.63, 3.8) is 0 Å². The van der Waals surface area contributed by atoms with Gasteiger partial charge in [0.2, 0.25) is 0 Å². The van der Waals surface area contributed by atoms with Crippen molar-refractivity contribution in [2.75, 3.05) is 0 Å². The van der Waals surface area contributed by atoms with Crippen molar-refractivity contribution in [1.82, 2.24) is 4.57 Å². The molecule has 0 saturated heterocycles. The number of rotatable bonds is 0. The number of fused-ring (bicyclic) bond motifs is 3. The van der Waals surface area contributed by atoms with Gasteiger partial charge in [-0.05, 0) is 13.0 Å². The summed E-state index contributed by atoms with van der Waals surface area (Å²) in [5.41, 5.74) is 3.02. The lowest BCUT2D eigenvalue weighted by molar-refractivity contribution is -0.0633. The van der Waals surface area contributed by atoms with Crippen LogP contribution in [0.3, 0.4) is 0 Å². The molecule has 0 unspecified atom stereocenters. The van der Waals surface area contributed by atoms with Crippen LogP contribution in [0.25, 0.3) is 16.6 Å². The molecule has 3 nitrogen and oxygen atoms in total. The third-order valence-electron chi connectivity index (χ3n) is 2.22. The van der Waals surface area contributed by atoms with Crippen LogP contribution in [0.5, 0.6) is 0 Å². The Hall–Kier alpha value is -1.64. The van der Waals surface area contributed by atoms with Crippen molar-refractivity contribution in [2.24, 2.45) is 0 Å². The molecule has 0 amide bonds. The van der Waals surface area contributed by atoms with Gasteiger partial charge in [-0.2, -0.15) is 4.68 Å². The summed E-state index contributed by atoms with van der Waals surface area (Å²) in [6.45, 7) is 2.02. The highest BCUT2D eigenvalue weighted by atomic mass is 17.1. The quantitative estimate of drug-likeness (QED) is 0.474. The van der Waals surface area contributed by atoms with Gasteiger partial charge in [0.1, 0.15) is 0 Å². The van der Waals surface area contributed by atoms with Crippen LogP contribution in [-0.2, 0) is 0 Å². The number of para-hydroxylation sites is 1. The lowest BCUT2D eigenvalue weighted by Gasteiger charge is -1.93. The number of hydrogen-bond donors (Lipinski definition) is 0. The fourth-order valence-corrected chi connectivity index (χ4v) is 1.56. The Labute approximate surface area is 68.1 Å². The summed E-state index contributed by atoms with van der Waals surface area (Å²) in [7, 11) is 0. The molecular formula is C9H7NO2. The minimum Gasteiger partial charge on any atom is -0.246 e. The average molecular weight is 161 g/mol. The molecule has 0 bridgehead atoms. The second-order valence-electron chi connectivity index (χ2n) is 2.90. The summed E-state index contributed by atoms with van der Waals surface area (Å²) in [5, 5.41) is 1.19. The molecule has 0 saturated carbocycles. The maximum atomic E-state index is 4.85. The molecule has 2 heterocycles. The molecule has 0 N–H and O–H groups in total. The molecule has 3 aromatic rings. The van der Waals surface area contributed by atoms with Crippen molar-refractivity contribution in [3.05, 3.63) is 29.8 Å². The van der Waals surface area contributed by atoms with Gasteiger partial charge in [0.25, 0.3) is 5.71 Å². The minimum atomic E-state index is 0.816. The molecule has 0 atom stereocenters. The Morgan fingerprint density at radius 1 is 1.25 bits per heavy atom. The van der Waals surface area contributed by atoms with Crippen molar-refractivity contribution in [3.8, 4) is 0 Å². The van der Waals surface area contributed by atoms with E-state index < -0.39 is 0 Å². The van der Waals surface area contributed by atoms with Gasteiger partial charge in [-0.25, -0.2) is 4.58 Å². The SMILES string of the molecule is Cc1c2ccccc2n2ooc12. The number of nitrogens with zero attached hydrogens (tertiary/aromatic N) is 1. The molecule has 60 valence electrons. The largest absolute Gasteiger partial charge is 0.293 e. The Morgan fingerprint density at radius 2 is 2.08 bits per heavy atom. The highest BCUT2D eigenvalue weighted by Gasteiger charge is 2.14. The third kappa shape index (κ3) is 0.491. The second kappa shape index (κ2) is 1.75. The van der Waals surface area contributed by atoms with Gasteiger partial charge in [0.15, 0.2) is 0 Å². The Bertz CT molecular complexity index is 541. The standard InChI is InChI=1S/C9H7NO2/c1-6-7-4-2-3-5-8(7)10-9(6)11-12-10/h2-5H,1H3. The lowest BCUT2D eigenvalue weighted by Crippen LogP contribution is -1.85. The molecule has 12 heavy (non-hydrogen) atoms. The van der Waals surface area contributed by atoms with E-state index in [1.165, 1.54) is 5.39 Å². The van der Waals surface area contributed by atoms with Gasteiger partial charge in [0.05, 0.1) is 5.52 Å². The highest BCUT2D eigenvalue weighted by molar-refractivity contribution is 5.89. The lowest BCUT2D eigenvalue weighted by atomic mass is 10.2. The molecule has 2 aromatic heterocycles. The van der Waals surface area contributed by atoms with Gasteiger partial charge in [-0.1, -0.05) is 22.8 Å². The molecule has 1 aromatic carbocycles. The van der Waals surface area contributed by atoms with E-state index in [1.54, 1.807) is 4.57 Å². The molecule has 0 aliphatic heterocycles. The fourth-order valence-electron chi connectivity index (χ4n) is 1.56. The van der Waals surface area contributed by atoms with E-state index in [4.69, 9.17) is 9.26 Å². The van der Waals surface area contributed by atoms with Crippen LogP contribution in [0.2, 0.25) is 0 Å². The molecule has 3 heteroatoms. The smallest absolute Gasteiger partial charge is 0.246 e. The zero-order valence-corrected chi connectivity index (χ0v) is 6.57. The first-order valence-electron chi connectivity index (χ1n) is 3.83. The van der Waals surface area contributed by atoms with Crippen LogP contribution < -0.4 is 0 Å². The Morgan fingerprint density at radius 3 is 2.83 bits per heavy atom. The number of hydrogen-bond acceptors (Lipinski definition) is 2. The summed E-state index contributed by atoms with van der Waals surface area (Å²) >= 11 is 0. The zero-order valence-electron chi connectivity index (χ0n) is 6.57. The molecule has 0 spiro atoms. The Kier molecular flexibility index (Phi) is 0.864. The first kappa shape index (κ1) is 5.94. The van der Waals surface area contributed by atoms with Gasteiger partial charge in [-0.15, -0.1) is 0 Å². The fraction of sp³-hybridized carbons (Fsp3) is 0.111. The average Bonchev–Trinajstić information content (AvgIpc) is 2.20. The van der Waals surface area contributed by atoms with Crippen molar-refractivity contribution in [1.29, 1.82) is 0 Å². The first-order chi connectivity index (χ1) is 5.88. The second-order valence-corrected chi connectivity index (χ2v) is 2.90. The van der Waals surface area contributed by atoms with Crippen molar-refractivity contribution >= 4 is 16.6 Å². The van der Waals surface area contributed by atoms with Crippen LogP contribution in [0.15, 0.2) is 33.5 Å². The summed E-state index contributed by atoms with van der Waals surface area (Å²) in [6, 6.07) is 8.06.